The third kappa shape index (κ3) is 2.91. The number of rotatable bonds is 3. The second-order valence-corrected chi connectivity index (χ2v) is 7.55. The maximum Gasteiger partial charge on any atom is 0.243 e. The summed E-state index contributed by atoms with van der Waals surface area (Å²) in [5, 5.41) is 0.265. The monoisotopic (exact) mass is 318 g/mol. The van der Waals surface area contributed by atoms with Crippen LogP contribution in [0.5, 0.6) is 0 Å². The average Bonchev–Trinajstić information content (AvgIpc) is 2.76. The third-order valence-corrected chi connectivity index (χ3v) is 5.62. The molecule has 0 aromatic heterocycles. The van der Waals surface area contributed by atoms with E-state index in [0.717, 1.165) is 6.42 Å². The van der Waals surface area contributed by atoms with Gasteiger partial charge in [0.15, 0.2) is 0 Å². The highest BCUT2D eigenvalue weighted by atomic mass is 35.5. The van der Waals surface area contributed by atoms with Gasteiger partial charge in [0.25, 0.3) is 0 Å². The molecule has 0 saturated carbocycles. The number of sulfonamides is 1. The highest BCUT2D eigenvalue weighted by molar-refractivity contribution is 7.89. The molecule has 0 radical (unpaired) electrons. The minimum absolute atomic E-state index is 0.156. The van der Waals surface area contributed by atoms with Crippen LogP contribution in [-0.2, 0) is 10.0 Å². The summed E-state index contributed by atoms with van der Waals surface area (Å²) in [4.78, 5) is 0.343. The van der Waals surface area contributed by atoms with Crippen molar-refractivity contribution < 1.29 is 8.42 Å². The van der Waals surface area contributed by atoms with Gasteiger partial charge in [-0.1, -0.05) is 30.7 Å². The first-order valence-electron chi connectivity index (χ1n) is 5.92. The van der Waals surface area contributed by atoms with E-state index < -0.39 is 10.0 Å². The van der Waals surface area contributed by atoms with E-state index >= 15 is 0 Å². The number of hydrogen-bond acceptors (Lipinski definition) is 3. The van der Waals surface area contributed by atoms with Gasteiger partial charge in [0, 0.05) is 18.7 Å². The third-order valence-electron chi connectivity index (χ3n) is 3.23. The van der Waals surface area contributed by atoms with E-state index in [2.05, 4.69) is 0 Å². The lowest BCUT2D eigenvalue weighted by molar-refractivity contribution is 0.464. The predicted octanol–water partition coefficient (Wildman–Crippen LogP) is 2.00. The summed E-state index contributed by atoms with van der Waals surface area (Å²) in [7, 11) is -3.47. The van der Waals surface area contributed by atoms with Crippen LogP contribution >= 0.6 is 23.8 Å². The second kappa shape index (κ2) is 5.36. The molecule has 1 saturated heterocycles. The molecule has 0 bridgehead atoms. The van der Waals surface area contributed by atoms with Crippen molar-refractivity contribution in [3.63, 3.8) is 0 Å². The Hall–Kier alpha value is -0.690. The number of hydrogen-bond donors (Lipinski definition) is 1. The molecule has 1 aromatic carbocycles. The Kier molecular flexibility index (Phi) is 4.15. The zero-order valence-electron chi connectivity index (χ0n) is 10.5. The minimum atomic E-state index is -3.47. The van der Waals surface area contributed by atoms with Crippen LogP contribution in [0.3, 0.4) is 0 Å². The van der Waals surface area contributed by atoms with E-state index in [1.807, 2.05) is 6.92 Å². The fourth-order valence-corrected chi connectivity index (χ4v) is 4.30. The zero-order chi connectivity index (χ0) is 14.2. The molecule has 0 spiro atoms. The molecule has 104 valence electrons. The topological polar surface area (TPSA) is 63.4 Å². The van der Waals surface area contributed by atoms with Gasteiger partial charge < -0.3 is 5.73 Å². The summed E-state index contributed by atoms with van der Waals surface area (Å²) in [5.74, 6) is 0.390. The Morgan fingerprint density at radius 3 is 2.68 bits per heavy atom. The SMILES string of the molecule is CC1CCN(S(=O)(=O)c2ccc(C(N)=S)c(Cl)c2)C1. The summed E-state index contributed by atoms with van der Waals surface area (Å²) < 4.78 is 26.3. The molecule has 4 nitrogen and oxygen atoms in total. The second-order valence-electron chi connectivity index (χ2n) is 4.76. The van der Waals surface area contributed by atoms with Crippen LogP contribution in [0.4, 0.5) is 0 Å². The Morgan fingerprint density at radius 1 is 1.53 bits per heavy atom. The van der Waals surface area contributed by atoms with Crippen molar-refractivity contribution in [2.45, 2.75) is 18.2 Å². The van der Waals surface area contributed by atoms with Crippen molar-refractivity contribution in [2.24, 2.45) is 11.7 Å². The van der Waals surface area contributed by atoms with Crippen LogP contribution in [0, 0.1) is 5.92 Å². The van der Waals surface area contributed by atoms with E-state index in [4.69, 9.17) is 29.6 Å². The van der Waals surface area contributed by atoms with Crippen molar-refractivity contribution in [2.75, 3.05) is 13.1 Å². The number of nitrogens with two attached hydrogens (primary N) is 1. The predicted molar refractivity (Wildman–Crippen MR) is 79.9 cm³/mol. The van der Waals surface area contributed by atoms with Gasteiger partial charge in [0.1, 0.15) is 4.99 Å². The van der Waals surface area contributed by atoms with E-state index in [0.29, 0.717) is 24.6 Å². The molecule has 1 unspecified atom stereocenters. The minimum Gasteiger partial charge on any atom is -0.389 e. The smallest absolute Gasteiger partial charge is 0.243 e. The molecular weight excluding hydrogens is 304 g/mol. The van der Waals surface area contributed by atoms with Gasteiger partial charge in [-0.25, -0.2) is 8.42 Å². The van der Waals surface area contributed by atoms with E-state index in [-0.39, 0.29) is 14.9 Å². The van der Waals surface area contributed by atoms with Crippen molar-refractivity contribution >= 4 is 38.8 Å². The van der Waals surface area contributed by atoms with Gasteiger partial charge >= 0.3 is 0 Å². The maximum atomic E-state index is 12.4. The quantitative estimate of drug-likeness (QED) is 0.866. The Bertz CT molecular complexity index is 616. The van der Waals surface area contributed by atoms with Crippen LogP contribution in [0.2, 0.25) is 5.02 Å². The number of thiocarbonyl (C=S) groups is 1. The fraction of sp³-hybridized carbons (Fsp3) is 0.417. The molecule has 1 aromatic rings. The molecule has 2 N–H and O–H groups in total. The number of benzene rings is 1. The standard InChI is InChI=1S/C12H15ClN2O2S2/c1-8-4-5-15(7-8)19(16,17)9-2-3-10(12(14)18)11(13)6-9/h2-3,6,8H,4-5,7H2,1H3,(H2,14,18). The molecule has 1 heterocycles. The molecular formula is C12H15ClN2O2S2. The van der Waals surface area contributed by atoms with Gasteiger partial charge in [-0.3, -0.25) is 0 Å². The van der Waals surface area contributed by atoms with Crippen molar-refractivity contribution in [3.8, 4) is 0 Å². The molecule has 1 aliphatic heterocycles. The molecule has 0 amide bonds. The first-order valence-corrected chi connectivity index (χ1v) is 8.14. The van der Waals surface area contributed by atoms with Crippen LogP contribution in [-0.4, -0.2) is 30.8 Å². The molecule has 1 atom stereocenters. The van der Waals surface area contributed by atoms with Crippen LogP contribution in [0.15, 0.2) is 23.1 Å². The highest BCUT2D eigenvalue weighted by Crippen LogP contribution is 2.27. The fourth-order valence-electron chi connectivity index (χ4n) is 2.12. The highest BCUT2D eigenvalue weighted by Gasteiger charge is 2.30. The first-order chi connectivity index (χ1) is 8.82. The van der Waals surface area contributed by atoms with E-state index in [1.165, 1.54) is 16.4 Å². The lowest BCUT2D eigenvalue weighted by atomic mass is 10.2. The molecule has 2 rings (SSSR count). The van der Waals surface area contributed by atoms with Crippen LogP contribution in [0.1, 0.15) is 18.9 Å². The van der Waals surface area contributed by atoms with Gasteiger partial charge in [0.05, 0.1) is 9.92 Å². The number of nitrogens with zero attached hydrogens (tertiary/aromatic N) is 1. The van der Waals surface area contributed by atoms with Gasteiger partial charge in [-0.2, -0.15) is 4.31 Å². The Morgan fingerprint density at radius 2 is 2.21 bits per heavy atom. The molecule has 1 fully saturated rings. The van der Waals surface area contributed by atoms with Gasteiger partial charge in [-0.15, -0.1) is 0 Å². The number of halogens is 1. The average molecular weight is 319 g/mol. The van der Waals surface area contributed by atoms with Crippen molar-refractivity contribution in [1.29, 1.82) is 0 Å². The Balaban J connectivity index is 2.36. The summed E-state index contributed by atoms with van der Waals surface area (Å²) >= 11 is 10.9. The van der Waals surface area contributed by atoms with Crippen molar-refractivity contribution in [1.82, 2.24) is 4.31 Å². The zero-order valence-corrected chi connectivity index (χ0v) is 12.9. The van der Waals surface area contributed by atoms with Gasteiger partial charge in [-0.05, 0) is 30.5 Å². The van der Waals surface area contributed by atoms with E-state index in [1.54, 1.807) is 6.07 Å². The summed E-state index contributed by atoms with van der Waals surface area (Å²) in [6.45, 7) is 3.15. The van der Waals surface area contributed by atoms with Crippen molar-refractivity contribution in [3.05, 3.63) is 28.8 Å². The molecule has 1 aliphatic rings. The molecule has 0 aliphatic carbocycles. The van der Waals surface area contributed by atoms with Crippen LogP contribution < -0.4 is 5.73 Å². The first kappa shape index (κ1) is 14.7. The summed E-state index contributed by atoms with van der Waals surface area (Å²) in [6, 6.07) is 4.46. The normalized spacial score (nSPS) is 20.6. The largest absolute Gasteiger partial charge is 0.389 e. The lowest BCUT2D eigenvalue weighted by Gasteiger charge is -2.16. The maximum absolute atomic E-state index is 12.4. The Labute approximate surface area is 123 Å². The van der Waals surface area contributed by atoms with E-state index in [9.17, 15) is 8.42 Å². The molecule has 7 heteroatoms. The van der Waals surface area contributed by atoms with Crippen LogP contribution in [0.25, 0.3) is 0 Å². The summed E-state index contributed by atoms with van der Waals surface area (Å²) in [6.07, 6.45) is 0.887. The van der Waals surface area contributed by atoms with Gasteiger partial charge in [0.2, 0.25) is 10.0 Å². The lowest BCUT2D eigenvalue weighted by Crippen LogP contribution is -2.28. The summed E-state index contributed by atoms with van der Waals surface area (Å²) in [5.41, 5.74) is 5.99. The molecule has 19 heavy (non-hydrogen) atoms.